The van der Waals surface area contributed by atoms with E-state index in [-0.39, 0.29) is 18.2 Å². The molecule has 0 aliphatic carbocycles. The molecule has 0 saturated carbocycles. The molecule has 0 atom stereocenters. The van der Waals surface area contributed by atoms with Gasteiger partial charge in [0.2, 0.25) is 0 Å². The molecule has 6 heteroatoms. The zero-order chi connectivity index (χ0) is 13.0. The van der Waals surface area contributed by atoms with Crippen LogP contribution in [-0.4, -0.2) is 43.1 Å². The number of hydrogen-bond donors (Lipinski definition) is 1. The summed E-state index contributed by atoms with van der Waals surface area (Å²) in [6.07, 6.45) is -0.379. The Kier molecular flexibility index (Phi) is 3.76. The van der Waals surface area contributed by atoms with Crippen LogP contribution in [0.4, 0.5) is 9.18 Å². The van der Waals surface area contributed by atoms with Gasteiger partial charge in [-0.3, -0.25) is 4.79 Å². The van der Waals surface area contributed by atoms with E-state index >= 15 is 0 Å². The summed E-state index contributed by atoms with van der Waals surface area (Å²) in [6, 6.07) is 5.75. The van der Waals surface area contributed by atoms with Gasteiger partial charge in [0.25, 0.3) is 5.91 Å². The molecule has 5 nitrogen and oxygen atoms in total. The normalized spacial score (nSPS) is 14.5. The Morgan fingerprint density at radius 3 is 2.89 bits per heavy atom. The highest BCUT2D eigenvalue weighted by Gasteiger charge is 2.21. The number of carbonyl (C=O) groups excluding carboxylic acids is 2. The molecule has 0 radical (unpaired) electrons. The second-order valence-corrected chi connectivity index (χ2v) is 3.84. The third-order valence-electron chi connectivity index (χ3n) is 2.63. The average molecular weight is 252 g/mol. The maximum Gasteiger partial charge on any atom is 0.409 e. The van der Waals surface area contributed by atoms with E-state index in [1.165, 1.54) is 23.1 Å². The number of rotatable bonds is 4. The minimum Gasteiger partial charge on any atom is -0.448 e. The van der Waals surface area contributed by atoms with Gasteiger partial charge in [-0.15, -0.1) is 0 Å². The Bertz CT molecular complexity index is 464. The lowest BCUT2D eigenvalue weighted by molar-refractivity contribution is 0.0944. The lowest BCUT2D eigenvalue weighted by Gasteiger charge is -2.12. The van der Waals surface area contributed by atoms with Crippen LogP contribution in [-0.2, 0) is 4.74 Å². The van der Waals surface area contributed by atoms with Crippen molar-refractivity contribution in [1.82, 2.24) is 10.2 Å². The highest BCUT2D eigenvalue weighted by molar-refractivity contribution is 5.94. The van der Waals surface area contributed by atoms with Crippen molar-refractivity contribution in [3.63, 3.8) is 0 Å². The third kappa shape index (κ3) is 2.77. The first-order valence-electron chi connectivity index (χ1n) is 5.63. The number of cyclic esters (lactones) is 1. The number of halogens is 1. The standard InChI is InChI=1S/C12H13FN2O3/c13-10-4-2-1-3-9(10)11(16)14-5-6-15-7-8-18-12(15)17/h1-4H,5-8H2,(H,14,16). The molecule has 1 N–H and O–H groups in total. The third-order valence-corrected chi connectivity index (χ3v) is 2.63. The number of carbonyl (C=O) groups is 2. The minimum absolute atomic E-state index is 0.00139. The summed E-state index contributed by atoms with van der Waals surface area (Å²) in [6.45, 7) is 1.52. The topological polar surface area (TPSA) is 58.6 Å². The Labute approximate surface area is 104 Å². The highest BCUT2D eigenvalue weighted by atomic mass is 19.1. The smallest absolute Gasteiger partial charge is 0.409 e. The first kappa shape index (κ1) is 12.3. The first-order chi connectivity index (χ1) is 8.68. The summed E-state index contributed by atoms with van der Waals surface area (Å²) in [5.41, 5.74) is 0.00139. The molecule has 96 valence electrons. The number of benzene rings is 1. The molecule has 2 amide bonds. The SMILES string of the molecule is O=C(NCCN1CCOC1=O)c1ccccc1F. The number of ether oxygens (including phenoxy) is 1. The average Bonchev–Trinajstić information content (AvgIpc) is 2.75. The van der Waals surface area contributed by atoms with E-state index in [1.54, 1.807) is 6.07 Å². The number of hydrogen-bond acceptors (Lipinski definition) is 3. The van der Waals surface area contributed by atoms with Gasteiger partial charge in [-0.05, 0) is 12.1 Å². The van der Waals surface area contributed by atoms with Crippen molar-refractivity contribution in [3.8, 4) is 0 Å². The van der Waals surface area contributed by atoms with Crippen LogP contribution in [0.25, 0.3) is 0 Å². The summed E-state index contributed by atoms with van der Waals surface area (Å²) in [5.74, 6) is -1.05. The van der Waals surface area contributed by atoms with Crippen LogP contribution < -0.4 is 5.32 Å². The number of nitrogens with zero attached hydrogens (tertiary/aromatic N) is 1. The van der Waals surface area contributed by atoms with Crippen LogP contribution in [0.15, 0.2) is 24.3 Å². The summed E-state index contributed by atoms with van der Waals surface area (Å²) in [5, 5.41) is 2.56. The second-order valence-electron chi connectivity index (χ2n) is 3.84. The van der Waals surface area contributed by atoms with Crippen molar-refractivity contribution in [2.24, 2.45) is 0 Å². The van der Waals surface area contributed by atoms with Gasteiger partial charge in [-0.1, -0.05) is 12.1 Å². The largest absolute Gasteiger partial charge is 0.448 e. The van der Waals surface area contributed by atoms with E-state index in [2.05, 4.69) is 5.32 Å². The molecular formula is C12H13FN2O3. The molecule has 18 heavy (non-hydrogen) atoms. The lowest BCUT2D eigenvalue weighted by Crippen LogP contribution is -2.35. The van der Waals surface area contributed by atoms with Crippen LogP contribution >= 0.6 is 0 Å². The molecule has 0 spiro atoms. The summed E-state index contributed by atoms with van der Waals surface area (Å²) in [4.78, 5) is 24.2. The van der Waals surface area contributed by atoms with E-state index in [0.717, 1.165) is 0 Å². The van der Waals surface area contributed by atoms with Crippen LogP contribution in [0.1, 0.15) is 10.4 Å². The molecule has 0 bridgehead atoms. The van der Waals surface area contributed by atoms with Crippen molar-refractivity contribution in [1.29, 1.82) is 0 Å². The van der Waals surface area contributed by atoms with Gasteiger partial charge < -0.3 is 15.0 Å². The Balaban J connectivity index is 1.82. The summed E-state index contributed by atoms with van der Waals surface area (Å²) >= 11 is 0. The Morgan fingerprint density at radius 1 is 1.44 bits per heavy atom. The molecule has 1 aliphatic rings. The van der Waals surface area contributed by atoms with E-state index < -0.39 is 11.7 Å². The van der Waals surface area contributed by atoms with E-state index in [1.807, 2.05) is 0 Å². The van der Waals surface area contributed by atoms with Crippen molar-refractivity contribution in [2.75, 3.05) is 26.2 Å². The molecule has 0 aromatic heterocycles. The van der Waals surface area contributed by atoms with E-state index in [0.29, 0.717) is 19.7 Å². The number of nitrogens with one attached hydrogen (secondary N) is 1. The van der Waals surface area contributed by atoms with E-state index in [9.17, 15) is 14.0 Å². The molecule has 1 heterocycles. The lowest BCUT2D eigenvalue weighted by atomic mass is 10.2. The first-order valence-corrected chi connectivity index (χ1v) is 5.63. The molecule has 0 unspecified atom stereocenters. The highest BCUT2D eigenvalue weighted by Crippen LogP contribution is 2.06. The van der Waals surface area contributed by atoms with Crippen molar-refractivity contribution < 1.29 is 18.7 Å². The van der Waals surface area contributed by atoms with Crippen LogP contribution in [0.2, 0.25) is 0 Å². The molecule has 1 aromatic carbocycles. The molecule has 1 aliphatic heterocycles. The van der Waals surface area contributed by atoms with Gasteiger partial charge in [0.1, 0.15) is 12.4 Å². The molecule has 1 saturated heterocycles. The summed E-state index contributed by atoms with van der Waals surface area (Å²) in [7, 11) is 0. The van der Waals surface area contributed by atoms with Gasteiger partial charge in [-0.25, -0.2) is 9.18 Å². The summed E-state index contributed by atoms with van der Waals surface area (Å²) < 4.78 is 18.0. The van der Waals surface area contributed by atoms with Crippen LogP contribution in [0.3, 0.4) is 0 Å². The predicted octanol–water partition coefficient (Wildman–Crippen LogP) is 1.01. The van der Waals surface area contributed by atoms with Gasteiger partial charge >= 0.3 is 6.09 Å². The van der Waals surface area contributed by atoms with Gasteiger partial charge in [0, 0.05) is 13.1 Å². The van der Waals surface area contributed by atoms with Gasteiger partial charge in [0.05, 0.1) is 12.1 Å². The molecular weight excluding hydrogens is 239 g/mol. The fraction of sp³-hybridized carbons (Fsp3) is 0.333. The zero-order valence-corrected chi connectivity index (χ0v) is 9.69. The van der Waals surface area contributed by atoms with Crippen molar-refractivity contribution >= 4 is 12.0 Å². The molecule has 1 aromatic rings. The fourth-order valence-corrected chi connectivity index (χ4v) is 1.67. The minimum atomic E-state index is -0.560. The fourth-order valence-electron chi connectivity index (χ4n) is 1.67. The number of amides is 2. The quantitative estimate of drug-likeness (QED) is 0.870. The van der Waals surface area contributed by atoms with Gasteiger partial charge in [0.15, 0.2) is 0 Å². The second kappa shape index (κ2) is 5.48. The predicted molar refractivity (Wildman–Crippen MR) is 61.7 cm³/mol. The van der Waals surface area contributed by atoms with Crippen molar-refractivity contribution in [3.05, 3.63) is 35.6 Å². The van der Waals surface area contributed by atoms with Crippen molar-refractivity contribution in [2.45, 2.75) is 0 Å². The maximum atomic E-state index is 13.3. The molecule has 1 fully saturated rings. The van der Waals surface area contributed by atoms with E-state index in [4.69, 9.17) is 4.74 Å². The Morgan fingerprint density at radius 2 is 2.22 bits per heavy atom. The van der Waals surface area contributed by atoms with Gasteiger partial charge in [-0.2, -0.15) is 0 Å². The zero-order valence-electron chi connectivity index (χ0n) is 9.69. The van der Waals surface area contributed by atoms with Crippen LogP contribution in [0, 0.1) is 5.82 Å². The Hall–Kier alpha value is -2.11. The maximum absolute atomic E-state index is 13.3. The molecule has 2 rings (SSSR count). The van der Waals surface area contributed by atoms with Crippen LogP contribution in [0.5, 0.6) is 0 Å². The monoisotopic (exact) mass is 252 g/mol.